The summed E-state index contributed by atoms with van der Waals surface area (Å²) in [5.41, 5.74) is 0. The Morgan fingerprint density at radius 1 is 0.765 bits per heavy atom. The van der Waals surface area contributed by atoms with Gasteiger partial charge in [0, 0.05) is 13.1 Å². The zero-order chi connectivity index (χ0) is 12.3. The van der Waals surface area contributed by atoms with Gasteiger partial charge in [-0.2, -0.15) is 0 Å². The predicted octanol–water partition coefficient (Wildman–Crippen LogP) is 3.79. The molecule has 0 bridgehead atoms. The van der Waals surface area contributed by atoms with Crippen molar-refractivity contribution in [1.29, 1.82) is 0 Å². The Morgan fingerprint density at radius 2 is 1.12 bits per heavy atom. The molecule has 0 aromatic heterocycles. The monoisotopic (exact) mass is 225 g/mol. The third-order valence-corrected chi connectivity index (χ3v) is 2.24. The molecule has 2 aromatic rings. The van der Waals surface area contributed by atoms with E-state index in [1.54, 1.807) is 0 Å². The molecule has 0 heterocycles. The fourth-order valence-electron chi connectivity index (χ4n) is 1.42. The molecule has 0 atom stereocenters. The van der Waals surface area contributed by atoms with E-state index >= 15 is 0 Å². The maximum Gasteiger partial charge on any atom is 0.0135 e. The molecule has 0 spiro atoms. The Morgan fingerprint density at radius 3 is 1.41 bits per heavy atom. The van der Waals surface area contributed by atoms with Gasteiger partial charge in [0.2, 0.25) is 0 Å². The van der Waals surface area contributed by atoms with Crippen LogP contribution in [-0.4, -0.2) is 13.1 Å². The minimum atomic E-state index is 0.867. The van der Waals surface area contributed by atoms with E-state index in [0.29, 0.717) is 0 Å². The molecule has 0 saturated heterocycles. The van der Waals surface area contributed by atoms with Gasteiger partial charge in [0.1, 0.15) is 0 Å². The van der Waals surface area contributed by atoms with E-state index in [0.717, 1.165) is 13.1 Å². The summed E-state index contributed by atoms with van der Waals surface area (Å²) in [6.07, 6.45) is 3.65. The Labute approximate surface area is 103 Å². The molecule has 1 N–H and O–H groups in total. The summed E-state index contributed by atoms with van der Waals surface area (Å²) in [6.45, 7) is 8.81. The second kappa shape index (κ2) is 8.31. The molecule has 88 valence electrons. The first-order chi connectivity index (χ1) is 8.38. The van der Waals surface area contributed by atoms with Crippen LogP contribution in [0.3, 0.4) is 0 Å². The van der Waals surface area contributed by atoms with Gasteiger partial charge < -0.3 is 5.32 Å². The van der Waals surface area contributed by atoms with Crippen LogP contribution in [0, 0.1) is 0 Å². The Bertz CT molecular complexity index is 386. The average Bonchev–Trinajstić information content (AvgIpc) is 2.40. The fourth-order valence-corrected chi connectivity index (χ4v) is 1.42. The standard InChI is InChI=1S/C10H8.C6H11N/c1-2-6-10-8-4-3-7-9(10)5-1;1-3-5-7-6-4-2/h1-8H;3-4,7H,1-2,5-6H2. The summed E-state index contributed by atoms with van der Waals surface area (Å²) in [5.74, 6) is 0. The molecule has 2 aromatic carbocycles. The van der Waals surface area contributed by atoms with Crippen molar-refractivity contribution in [1.82, 2.24) is 5.32 Å². The molecule has 2 rings (SSSR count). The number of rotatable bonds is 4. The first kappa shape index (κ1) is 13.2. The van der Waals surface area contributed by atoms with Gasteiger partial charge in [-0.3, -0.25) is 0 Å². The van der Waals surface area contributed by atoms with E-state index in [1.165, 1.54) is 10.8 Å². The largest absolute Gasteiger partial charge is 0.310 e. The van der Waals surface area contributed by atoms with Crippen LogP contribution >= 0.6 is 0 Å². The molecule has 0 aliphatic rings. The SMILES string of the molecule is C=CCNCC=C.c1ccc2ccccc2c1. The van der Waals surface area contributed by atoms with Crippen LogP contribution in [0.2, 0.25) is 0 Å². The highest BCUT2D eigenvalue weighted by Crippen LogP contribution is 2.11. The van der Waals surface area contributed by atoms with E-state index < -0.39 is 0 Å². The first-order valence-electron chi connectivity index (χ1n) is 5.74. The van der Waals surface area contributed by atoms with Crippen LogP contribution < -0.4 is 5.32 Å². The van der Waals surface area contributed by atoms with Crippen molar-refractivity contribution >= 4 is 10.8 Å². The van der Waals surface area contributed by atoms with Gasteiger partial charge in [0.05, 0.1) is 0 Å². The molecule has 0 saturated carbocycles. The van der Waals surface area contributed by atoms with E-state index in [-0.39, 0.29) is 0 Å². The summed E-state index contributed by atoms with van der Waals surface area (Å²) in [4.78, 5) is 0. The van der Waals surface area contributed by atoms with Crippen molar-refractivity contribution in [2.75, 3.05) is 13.1 Å². The molecular weight excluding hydrogens is 206 g/mol. The minimum Gasteiger partial charge on any atom is -0.310 e. The van der Waals surface area contributed by atoms with E-state index in [9.17, 15) is 0 Å². The van der Waals surface area contributed by atoms with Crippen molar-refractivity contribution in [3.8, 4) is 0 Å². The fraction of sp³-hybridized carbons (Fsp3) is 0.125. The van der Waals surface area contributed by atoms with Crippen LogP contribution in [0.5, 0.6) is 0 Å². The van der Waals surface area contributed by atoms with Crippen LogP contribution in [0.4, 0.5) is 0 Å². The molecular formula is C16H19N. The normalized spacial score (nSPS) is 9.18. The third kappa shape index (κ3) is 5.14. The molecule has 17 heavy (non-hydrogen) atoms. The van der Waals surface area contributed by atoms with E-state index in [1.807, 2.05) is 12.2 Å². The molecule has 1 heteroatoms. The molecule has 0 aliphatic carbocycles. The van der Waals surface area contributed by atoms with Crippen LogP contribution in [-0.2, 0) is 0 Å². The van der Waals surface area contributed by atoms with Crippen molar-refractivity contribution in [3.63, 3.8) is 0 Å². The quantitative estimate of drug-likeness (QED) is 0.616. The minimum absolute atomic E-state index is 0.867. The first-order valence-corrected chi connectivity index (χ1v) is 5.74. The highest BCUT2D eigenvalue weighted by atomic mass is 14.8. The summed E-state index contributed by atoms with van der Waals surface area (Å²) >= 11 is 0. The summed E-state index contributed by atoms with van der Waals surface area (Å²) in [7, 11) is 0. The number of hydrogen-bond acceptors (Lipinski definition) is 1. The van der Waals surface area contributed by atoms with Gasteiger partial charge in [-0.05, 0) is 10.8 Å². The number of nitrogens with one attached hydrogen (secondary N) is 1. The predicted molar refractivity (Wildman–Crippen MR) is 77.2 cm³/mol. The summed E-state index contributed by atoms with van der Waals surface area (Å²) in [5, 5.41) is 5.67. The highest BCUT2D eigenvalue weighted by molar-refractivity contribution is 5.81. The third-order valence-electron chi connectivity index (χ3n) is 2.24. The zero-order valence-corrected chi connectivity index (χ0v) is 10.1. The zero-order valence-electron chi connectivity index (χ0n) is 10.1. The van der Waals surface area contributed by atoms with Crippen molar-refractivity contribution in [2.45, 2.75) is 0 Å². The summed E-state index contributed by atoms with van der Waals surface area (Å²) in [6, 6.07) is 16.7. The average molecular weight is 225 g/mol. The second-order valence-electron chi connectivity index (χ2n) is 3.58. The lowest BCUT2D eigenvalue weighted by Gasteiger charge is -1.92. The number of fused-ring (bicyclic) bond motifs is 1. The van der Waals surface area contributed by atoms with Crippen molar-refractivity contribution in [2.24, 2.45) is 0 Å². The maximum absolute atomic E-state index is 3.54. The van der Waals surface area contributed by atoms with E-state index in [2.05, 4.69) is 67.0 Å². The molecule has 0 fully saturated rings. The van der Waals surface area contributed by atoms with Crippen molar-refractivity contribution < 1.29 is 0 Å². The second-order valence-corrected chi connectivity index (χ2v) is 3.58. The number of benzene rings is 2. The van der Waals surface area contributed by atoms with Crippen molar-refractivity contribution in [3.05, 3.63) is 73.8 Å². The highest BCUT2D eigenvalue weighted by Gasteiger charge is 1.85. The molecule has 0 unspecified atom stereocenters. The van der Waals surface area contributed by atoms with Gasteiger partial charge >= 0.3 is 0 Å². The van der Waals surface area contributed by atoms with Gasteiger partial charge in [0.25, 0.3) is 0 Å². The lowest BCUT2D eigenvalue weighted by molar-refractivity contribution is 0.845. The summed E-state index contributed by atoms with van der Waals surface area (Å²) < 4.78 is 0. The van der Waals surface area contributed by atoms with Crippen LogP contribution in [0.25, 0.3) is 10.8 Å². The van der Waals surface area contributed by atoms with Crippen LogP contribution in [0.1, 0.15) is 0 Å². The lowest BCUT2D eigenvalue weighted by atomic mass is 10.1. The van der Waals surface area contributed by atoms with Gasteiger partial charge in [-0.25, -0.2) is 0 Å². The van der Waals surface area contributed by atoms with Gasteiger partial charge in [-0.15, -0.1) is 13.2 Å². The van der Waals surface area contributed by atoms with Gasteiger partial charge in [0.15, 0.2) is 0 Å². The van der Waals surface area contributed by atoms with E-state index in [4.69, 9.17) is 0 Å². The molecule has 0 radical (unpaired) electrons. The van der Waals surface area contributed by atoms with Crippen LogP contribution in [0.15, 0.2) is 73.8 Å². The van der Waals surface area contributed by atoms with Gasteiger partial charge in [-0.1, -0.05) is 60.7 Å². The Balaban J connectivity index is 0.000000185. The smallest absolute Gasteiger partial charge is 0.0135 e. The Kier molecular flexibility index (Phi) is 6.46. The Hall–Kier alpha value is -1.86. The maximum atomic E-state index is 3.54. The topological polar surface area (TPSA) is 12.0 Å². The molecule has 0 amide bonds. The molecule has 0 aliphatic heterocycles. The number of hydrogen-bond donors (Lipinski definition) is 1. The molecule has 1 nitrogen and oxygen atoms in total. The lowest BCUT2D eigenvalue weighted by Crippen LogP contribution is -2.11.